The van der Waals surface area contributed by atoms with E-state index in [4.69, 9.17) is 11.6 Å². The van der Waals surface area contributed by atoms with E-state index < -0.39 is 0 Å². The molecule has 1 rings (SSSR count). The van der Waals surface area contributed by atoms with Crippen LogP contribution in [-0.2, 0) is 7.05 Å². The van der Waals surface area contributed by atoms with Gasteiger partial charge in [-0.3, -0.25) is 9.48 Å². The molecule has 0 aliphatic carbocycles. The molecule has 0 aliphatic rings. The molecule has 0 aliphatic heterocycles. The zero-order chi connectivity index (χ0) is 7.56. The summed E-state index contributed by atoms with van der Waals surface area (Å²) < 4.78 is 1.50. The lowest BCUT2D eigenvalue weighted by Gasteiger charge is -1.94. The van der Waals surface area contributed by atoms with Gasteiger partial charge in [0, 0.05) is 13.2 Å². The van der Waals surface area contributed by atoms with E-state index in [0.29, 0.717) is 5.69 Å². The molecule has 4 heteroatoms. The number of rotatable bonds is 2. The second-order valence-corrected chi connectivity index (χ2v) is 2.16. The van der Waals surface area contributed by atoms with E-state index in [9.17, 15) is 4.79 Å². The van der Waals surface area contributed by atoms with Crippen molar-refractivity contribution < 1.29 is 4.79 Å². The zero-order valence-electron chi connectivity index (χ0n) is 5.54. The Hall–Kier alpha value is -0.830. The van der Waals surface area contributed by atoms with Crippen LogP contribution in [0, 0.1) is 0 Å². The van der Waals surface area contributed by atoms with Gasteiger partial charge < -0.3 is 0 Å². The molecule has 0 radical (unpaired) electrons. The van der Waals surface area contributed by atoms with Gasteiger partial charge in [-0.05, 0) is 6.07 Å². The van der Waals surface area contributed by atoms with Gasteiger partial charge in [-0.1, -0.05) is 0 Å². The molecule has 0 saturated carbocycles. The predicted molar refractivity (Wildman–Crippen MR) is 38.3 cm³/mol. The van der Waals surface area contributed by atoms with Gasteiger partial charge in [0.05, 0.1) is 5.88 Å². The third-order valence-electron chi connectivity index (χ3n) is 1.23. The molecule has 0 saturated heterocycles. The first kappa shape index (κ1) is 7.28. The number of ketones is 1. The van der Waals surface area contributed by atoms with Crippen LogP contribution in [-0.4, -0.2) is 21.4 Å². The summed E-state index contributed by atoms with van der Waals surface area (Å²) in [5, 5.41) is 3.82. The number of halogens is 1. The number of hydrogen-bond acceptors (Lipinski definition) is 2. The van der Waals surface area contributed by atoms with Gasteiger partial charge in [0.2, 0.25) is 0 Å². The quantitative estimate of drug-likeness (QED) is 0.472. The normalized spacial score (nSPS) is 9.80. The molecule has 54 valence electrons. The molecule has 10 heavy (non-hydrogen) atoms. The number of carbonyl (C=O) groups is 1. The molecular weight excluding hydrogens is 152 g/mol. The minimum atomic E-state index is -0.0957. The fraction of sp³-hybridized carbons (Fsp3) is 0.333. The van der Waals surface area contributed by atoms with Gasteiger partial charge in [-0.2, -0.15) is 5.10 Å². The van der Waals surface area contributed by atoms with Crippen molar-refractivity contribution in [3.05, 3.63) is 18.0 Å². The van der Waals surface area contributed by atoms with Crippen LogP contribution in [0.3, 0.4) is 0 Å². The van der Waals surface area contributed by atoms with Crippen molar-refractivity contribution in [3.8, 4) is 0 Å². The van der Waals surface area contributed by atoms with E-state index in [-0.39, 0.29) is 11.7 Å². The van der Waals surface area contributed by atoms with E-state index in [0.717, 1.165) is 0 Å². The van der Waals surface area contributed by atoms with Gasteiger partial charge in [0.15, 0.2) is 5.78 Å². The van der Waals surface area contributed by atoms with Crippen LogP contribution in [0.2, 0.25) is 0 Å². The Kier molecular flexibility index (Phi) is 2.06. The summed E-state index contributed by atoms with van der Waals surface area (Å²) in [6.07, 6.45) is 1.57. The predicted octanol–water partition coefficient (Wildman–Crippen LogP) is 0.842. The third kappa shape index (κ3) is 1.19. The van der Waals surface area contributed by atoms with E-state index >= 15 is 0 Å². The van der Waals surface area contributed by atoms with E-state index in [2.05, 4.69) is 5.10 Å². The van der Waals surface area contributed by atoms with Crippen molar-refractivity contribution in [1.82, 2.24) is 9.78 Å². The molecule has 0 aromatic carbocycles. The van der Waals surface area contributed by atoms with Gasteiger partial charge in [-0.25, -0.2) is 0 Å². The fourth-order valence-corrected chi connectivity index (χ4v) is 0.853. The first-order valence-electron chi connectivity index (χ1n) is 2.83. The summed E-state index contributed by atoms with van der Waals surface area (Å²) in [6.45, 7) is 0. The number of alkyl halides is 1. The molecule has 0 N–H and O–H groups in total. The SMILES string of the molecule is Cn1nccc1C(=O)CCl. The molecule has 0 bridgehead atoms. The highest BCUT2D eigenvalue weighted by atomic mass is 35.5. The smallest absolute Gasteiger partial charge is 0.195 e. The molecule has 0 fully saturated rings. The molecular formula is C6H7ClN2O. The molecule has 0 spiro atoms. The summed E-state index contributed by atoms with van der Waals surface area (Å²) in [4.78, 5) is 10.9. The molecule has 0 atom stereocenters. The lowest BCUT2D eigenvalue weighted by Crippen LogP contribution is -2.07. The molecule has 3 nitrogen and oxygen atoms in total. The average molecular weight is 159 g/mol. The third-order valence-corrected chi connectivity index (χ3v) is 1.47. The number of hydrogen-bond donors (Lipinski definition) is 0. The summed E-state index contributed by atoms with van der Waals surface area (Å²) in [5.74, 6) is -0.0823. The second kappa shape index (κ2) is 2.84. The van der Waals surface area contributed by atoms with Crippen molar-refractivity contribution in [2.75, 3.05) is 5.88 Å². The average Bonchev–Trinajstić information content (AvgIpc) is 2.34. The molecule has 0 unspecified atom stereocenters. The lowest BCUT2D eigenvalue weighted by atomic mass is 10.3. The van der Waals surface area contributed by atoms with Crippen LogP contribution in [0.4, 0.5) is 0 Å². The number of aromatic nitrogens is 2. The first-order chi connectivity index (χ1) is 4.75. The zero-order valence-corrected chi connectivity index (χ0v) is 6.30. The molecule has 1 heterocycles. The monoisotopic (exact) mass is 158 g/mol. The first-order valence-corrected chi connectivity index (χ1v) is 3.36. The summed E-state index contributed by atoms with van der Waals surface area (Å²) >= 11 is 5.32. The largest absolute Gasteiger partial charge is 0.291 e. The minimum absolute atomic E-state index is 0.0134. The maximum absolute atomic E-state index is 10.9. The Morgan fingerprint density at radius 1 is 1.90 bits per heavy atom. The van der Waals surface area contributed by atoms with Crippen LogP contribution >= 0.6 is 11.6 Å². The highest BCUT2D eigenvalue weighted by Crippen LogP contribution is 1.98. The highest BCUT2D eigenvalue weighted by Gasteiger charge is 2.06. The van der Waals surface area contributed by atoms with Crippen LogP contribution in [0.5, 0.6) is 0 Å². The van der Waals surface area contributed by atoms with Crippen molar-refractivity contribution >= 4 is 17.4 Å². The van der Waals surface area contributed by atoms with Crippen LogP contribution < -0.4 is 0 Å². The van der Waals surface area contributed by atoms with Gasteiger partial charge in [-0.15, -0.1) is 11.6 Å². The minimum Gasteiger partial charge on any atom is -0.291 e. The summed E-state index contributed by atoms with van der Waals surface area (Å²) in [6, 6.07) is 1.64. The van der Waals surface area contributed by atoms with Crippen LogP contribution in [0.1, 0.15) is 10.5 Å². The second-order valence-electron chi connectivity index (χ2n) is 1.90. The molecule has 1 aromatic rings. The Balaban J connectivity index is 2.93. The van der Waals surface area contributed by atoms with Crippen LogP contribution in [0.15, 0.2) is 12.3 Å². The summed E-state index contributed by atoms with van der Waals surface area (Å²) in [7, 11) is 1.71. The van der Waals surface area contributed by atoms with Crippen LogP contribution in [0.25, 0.3) is 0 Å². The van der Waals surface area contributed by atoms with E-state index in [1.54, 1.807) is 19.3 Å². The Morgan fingerprint density at radius 3 is 3.00 bits per heavy atom. The van der Waals surface area contributed by atoms with Gasteiger partial charge >= 0.3 is 0 Å². The highest BCUT2D eigenvalue weighted by molar-refractivity contribution is 6.30. The van der Waals surface area contributed by atoms with Crippen molar-refractivity contribution in [3.63, 3.8) is 0 Å². The number of nitrogens with zero attached hydrogens (tertiary/aromatic N) is 2. The van der Waals surface area contributed by atoms with Crippen molar-refractivity contribution in [2.45, 2.75) is 0 Å². The number of aryl methyl sites for hydroxylation is 1. The van der Waals surface area contributed by atoms with Crippen molar-refractivity contribution in [1.29, 1.82) is 0 Å². The number of carbonyl (C=O) groups excluding carboxylic acids is 1. The molecule has 0 amide bonds. The maximum Gasteiger partial charge on any atom is 0.195 e. The summed E-state index contributed by atoms with van der Waals surface area (Å²) in [5.41, 5.74) is 0.551. The van der Waals surface area contributed by atoms with E-state index in [1.165, 1.54) is 4.68 Å². The standard InChI is InChI=1S/C6H7ClN2O/c1-9-5(2-3-8-9)6(10)4-7/h2-3H,4H2,1H3. The van der Waals surface area contributed by atoms with Crippen molar-refractivity contribution in [2.24, 2.45) is 7.05 Å². The topological polar surface area (TPSA) is 34.9 Å². The lowest BCUT2D eigenvalue weighted by molar-refractivity contribution is 0.101. The fourth-order valence-electron chi connectivity index (χ4n) is 0.716. The van der Waals surface area contributed by atoms with Gasteiger partial charge in [0.25, 0.3) is 0 Å². The van der Waals surface area contributed by atoms with Gasteiger partial charge in [0.1, 0.15) is 5.69 Å². The number of Topliss-reactive ketones (excluding diaryl/α,β-unsaturated/α-hetero) is 1. The maximum atomic E-state index is 10.9. The Morgan fingerprint density at radius 2 is 2.60 bits per heavy atom. The Bertz CT molecular complexity index is 244. The van der Waals surface area contributed by atoms with E-state index in [1.807, 2.05) is 0 Å². The Labute approximate surface area is 63.6 Å². The molecule has 1 aromatic heterocycles.